The summed E-state index contributed by atoms with van der Waals surface area (Å²) >= 11 is 0. The standard InChI is InChI=1S/C15H22N2O2/c1-11-9-17(10-12(2)19-11)15(18)7-13-5-3-4-6-14(13)8-16/h3-6,11-12H,7-10,16H2,1-2H3. The molecular formula is C15H22N2O2. The summed E-state index contributed by atoms with van der Waals surface area (Å²) in [7, 11) is 0. The van der Waals surface area contributed by atoms with E-state index in [-0.39, 0.29) is 18.1 Å². The molecule has 2 atom stereocenters. The Morgan fingerprint density at radius 2 is 1.84 bits per heavy atom. The van der Waals surface area contributed by atoms with Gasteiger partial charge in [-0.25, -0.2) is 0 Å². The minimum Gasteiger partial charge on any atom is -0.372 e. The van der Waals surface area contributed by atoms with Crippen LogP contribution < -0.4 is 5.73 Å². The topological polar surface area (TPSA) is 55.6 Å². The molecule has 0 radical (unpaired) electrons. The molecule has 104 valence electrons. The van der Waals surface area contributed by atoms with Crippen LogP contribution in [0.25, 0.3) is 0 Å². The lowest BCUT2D eigenvalue weighted by molar-refractivity contribution is -0.142. The quantitative estimate of drug-likeness (QED) is 0.894. The van der Waals surface area contributed by atoms with Crippen molar-refractivity contribution in [3.63, 3.8) is 0 Å². The van der Waals surface area contributed by atoms with Crippen LogP contribution in [-0.2, 0) is 22.5 Å². The fraction of sp³-hybridized carbons (Fsp3) is 0.533. The highest BCUT2D eigenvalue weighted by Gasteiger charge is 2.25. The largest absolute Gasteiger partial charge is 0.372 e. The number of morpholine rings is 1. The maximum atomic E-state index is 12.4. The Hall–Kier alpha value is -1.39. The van der Waals surface area contributed by atoms with E-state index in [1.54, 1.807) is 0 Å². The van der Waals surface area contributed by atoms with Gasteiger partial charge in [-0.2, -0.15) is 0 Å². The molecule has 0 spiro atoms. The highest BCUT2D eigenvalue weighted by atomic mass is 16.5. The van der Waals surface area contributed by atoms with Gasteiger partial charge in [-0.15, -0.1) is 0 Å². The average Bonchev–Trinajstić information content (AvgIpc) is 2.38. The van der Waals surface area contributed by atoms with E-state index in [1.807, 2.05) is 43.0 Å². The number of carbonyl (C=O) groups excluding carboxylic acids is 1. The molecule has 1 fully saturated rings. The van der Waals surface area contributed by atoms with Crippen LogP contribution in [0.2, 0.25) is 0 Å². The second-order valence-electron chi connectivity index (χ2n) is 5.21. The van der Waals surface area contributed by atoms with Crippen LogP contribution in [0.3, 0.4) is 0 Å². The summed E-state index contributed by atoms with van der Waals surface area (Å²) in [6.45, 7) is 5.83. The number of nitrogens with zero attached hydrogens (tertiary/aromatic N) is 1. The Morgan fingerprint density at radius 1 is 1.26 bits per heavy atom. The van der Waals surface area contributed by atoms with E-state index in [2.05, 4.69) is 0 Å². The summed E-state index contributed by atoms with van der Waals surface area (Å²) in [4.78, 5) is 14.3. The van der Waals surface area contributed by atoms with Crippen molar-refractivity contribution in [3.05, 3.63) is 35.4 Å². The van der Waals surface area contributed by atoms with E-state index in [9.17, 15) is 4.79 Å². The predicted octanol–water partition coefficient (Wildman–Crippen LogP) is 1.32. The molecule has 2 N–H and O–H groups in total. The molecule has 0 aliphatic carbocycles. The normalized spacial score (nSPS) is 23.4. The molecule has 4 nitrogen and oxygen atoms in total. The molecule has 1 aromatic carbocycles. The van der Waals surface area contributed by atoms with Crippen molar-refractivity contribution >= 4 is 5.91 Å². The lowest BCUT2D eigenvalue weighted by Crippen LogP contribution is -2.48. The molecule has 19 heavy (non-hydrogen) atoms. The van der Waals surface area contributed by atoms with Crippen molar-refractivity contribution in [3.8, 4) is 0 Å². The summed E-state index contributed by atoms with van der Waals surface area (Å²) in [5.74, 6) is 0.155. The van der Waals surface area contributed by atoms with Gasteiger partial charge >= 0.3 is 0 Å². The number of hydrogen-bond donors (Lipinski definition) is 1. The first-order valence-corrected chi connectivity index (χ1v) is 6.80. The molecule has 0 aromatic heterocycles. The maximum Gasteiger partial charge on any atom is 0.227 e. The molecule has 1 heterocycles. The zero-order chi connectivity index (χ0) is 13.8. The van der Waals surface area contributed by atoms with Crippen molar-refractivity contribution in [1.82, 2.24) is 4.90 Å². The minimum absolute atomic E-state index is 0.109. The number of ether oxygens (including phenoxy) is 1. The summed E-state index contributed by atoms with van der Waals surface area (Å²) < 4.78 is 5.65. The van der Waals surface area contributed by atoms with Crippen LogP contribution in [0.15, 0.2) is 24.3 Å². The SMILES string of the molecule is CC1CN(C(=O)Cc2ccccc2CN)CC(C)O1. The minimum atomic E-state index is 0.109. The van der Waals surface area contributed by atoms with Crippen molar-refractivity contribution in [2.24, 2.45) is 5.73 Å². The van der Waals surface area contributed by atoms with Crippen LogP contribution in [-0.4, -0.2) is 36.1 Å². The van der Waals surface area contributed by atoms with E-state index < -0.39 is 0 Å². The Labute approximate surface area is 114 Å². The van der Waals surface area contributed by atoms with Crippen molar-refractivity contribution in [2.75, 3.05) is 13.1 Å². The highest BCUT2D eigenvalue weighted by Crippen LogP contribution is 2.14. The molecule has 0 bridgehead atoms. The Kier molecular flexibility index (Phi) is 4.56. The number of benzene rings is 1. The maximum absolute atomic E-state index is 12.4. The predicted molar refractivity (Wildman–Crippen MR) is 74.6 cm³/mol. The van der Waals surface area contributed by atoms with E-state index in [1.165, 1.54) is 0 Å². The van der Waals surface area contributed by atoms with Gasteiger partial charge in [0.1, 0.15) is 0 Å². The lowest BCUT2D eigenvalue weighted by atomic mass is 10.0. The van der Waals surface area contributed by atoms with Crippen LogP contribution in [0, 0.1) is 0 Å². The smallest absolute Gasteiger partial charge is 0.227 e. The van der Waals surface area contributed by atoms with Crippen LogP contribution in [0.1, 0.15) is 25.0 Å². The Bertz CT molecular complexity index is 438. The van der Waals surface area contributed by atoms with E-state index in [4.69, 9.17) is 10.5 Å². The third kappa shape index (κ3) is 3.55. The first-order chi connectivity index (χ1) is 9.10. The third-order valence-corrected chi connectivity index (χ3v) is 3.45. The summed E-state index contributed by atoms with van der Waals surface area (Å²) in [6, 6.07) is 7.86. The zero-order valence-corrected chi connectivity index (χ0v) is 11.6. The second kappa shape index (κ2) is 6.17. The molecule has 1 amide bonds. The molecule has 1 aromatic rings. The van der Waals surface area contributed by atoms with Crippen LogP contribution >= 0.6 is 0 Å². The number of nitrogens with two attached hydrogens (primary N) is 1. The Balaban J connectivity index is 2.04. The number of hydrogen-bond acceptors (Lipinski definition) is 3. The van der Waals surface area contributed by atoms with Crippen molar-refractivity contribution in [1.29, 1.82) is 0 Å². The highest BCUT2D eigenvalue weighted by molar-refractivity contribution is 5.79. The van der Waals surface area contributed by atoms with Gasteiger partial charge in [0.05, 0.1) is 18.6 Å². The molecule has 2 unspecified atom stereocenters. The number of rotatable bonds is 3. The van der Waals surface area contributed by atoms with Gasteiger partial charge in [-0.1, -0.05) is 24.3 Å². The summed E-state index contributed by atoms with van der Waals surface area (Å²) in [6.07, 6.45) is 0.641. The average molecular weight is 262 g/mol. The second-order valence-corrected chi connectivity index (χ2v) is 5.21. The van der Waals surface area contributed by atoms with Gasteiger partial charge in [-0.3, -0.25) is 4.79 Å². The van der Waals surface area contributed by atoms with Gasteiger partial charge in [0.25, 0.3) is 0 Å². The van der Waals surface area contributed by atoms with Crippen molar-refractivity contribution in [2.45, 2.75) is 39.0 Å². The third-order valence-electron chi connectivity index (χ3n) is 3.45. The molecule has 1 aliphatic heterocycles. The van der Waals surface area contributed by atoms with Crippen LogP contribution in [0.5, 0.6) is 0 Å². The molecular weight excluding hydrogens is 240 g/mol. The number of carbonyl (C=O) groups is 1. The van der Waals surface area contributed by atoms with Crippen molar-refractivity contribution < 1.29 is 9.53 Å². The van der Waals surface area contributed by atoms with Gasteiger partial charge in [-0.05, 0) is 25.0 Å². The summed E-state index contributed by atoms with van der Waals surface area (Å²) in [5, 5.41) is 0. The van der Waals surface area contributed by atoms with Gasteiger partial charge < -0.3 is 15.4 Å². The Morgan fingerprint density at radius 3 is 2.42 bits per heavy atom. The molecule has 2 rings (SSSR count). The van der Waals surface area contributed by atoms with E-state index >= 15 is 0 Å². The molecule has 4 heteroatoms. The van der Waals surface area contributed by atoms with Gasteiger partial charge in [0.2, 0.25) is 5.91 Å². The number of amides is 1. The summed E-state index contributed by atoms with van der Waals surface area (Å²) in [5.41, 5.74) is 7.78. The van der Waals surface area contributed by atoms with Crippen LogP contribution in [0.4, 0.5) is 0 Å². The lowest BCUT2D eigenvalue weighted by Gasteiger charge is -2.35. The van der Waals surface area contributed by atoms with Gasteiger partial charge in [0.15, 0.2) is 0 Å². The monoisotopic (exact) mass is 262 g/mol. The van der Waals surface area contributed by atoms with E-state index in [0.717, 1.165) is 11.1 Å². The first-order valence-electron chi connectivity index (χ1n) is 6.80. The zero-order valence-electron chi connectivity index (χ0n) is 11.6. The fourth-order valence-corrected chi connectivity index (χ4v) is 2.59. The van der Waals surface area contributed by atoms with Gasteiger partial charge in [0, 0.05) is 19.6 Å². The first kappa shape index (κ1) is 14.0. The molecule has 1 saturated heterocycles. The van der Waals surface area contributed by atoms with E-state index in [0.29, 0.717) is 26.1 Å². The molecule has 1 aliphatic rings. The molecule has 0 saturated carbocycles. The fourth-order valence-electron chi connectivity index (χ4n) is 2.59.